The second-order valence-corrected chi connectivity index (χ2v) is 5.24. The van der Waals surface area contributed by atoms with E-state index in [-0.39, 0.29) is 18.4 Å². The van der Waals surface area contributed by atoms with Gasteiger partial charge >= 0.3 is 0 Å². The van der Waals surface area contributed by atoms with Crippen molar-refractivity contribution in [3.8, 4) is 0 Å². The van der Waals surface area contributed by atoms with Crippen LogP contribution in [0, 0.1) is 5.92 Å². The minimum absolute atomic E-state index is 0.0461. The smallest absolute Gasteiger partial charge is 0.230 e. The summed E-state index contributed by atoms with van der Waals surface area (Å²) in [5.41, 5.74) is 0. The van der Waals surface area contributed by atoms with Gasteiger partial charge in [-0.1, -0.05) is 30.7 Å². The molecule has 1 rings (SSSR count). The maximum absolute atomic E-state index is 11.5. The van der Waals surface area contributed by atoms with Crippen LogP contribution in [0.15, 0.2) is 29.2 Å². The quantitative estimate of drug-likeness (QED) is 0.781. The number of thioether (sulfide) groups is 1. The molecule has 0 fully saturated rings. The summed E-state index contributed by atoms with van der Waals surface area (Å²) in [6, 6.07) is 7.43. The first-order chi connectivity index (χ1) is 8.13. The van der Waals surface area contributed by atoms with Crippen LogP contribution in [-0.4, -0.2) is 29.9 Å². The van der Waals surface area contributed by atoms with Gasteiger partial charge in [0.1, 0.15) is 0 Å². The number of aliphatic hydroxyl groups excluding tert-OH is 1. The summed E-state index contributed by atoms with van der Waals surface area (Å²) in [7, 11) is 0. The number of aliphatic hydroxyl groups is 1. The van der Waals surface area contributed by atoms with E-state index in [2.05, 4.69) is 5.32 Å². The zero-order valence-electron chi connectivity index (χ0n) is 9.65. The Morgan fingerprint density at radius 3 is 2.88 bits per heavy atom. The predicted octanol–water partition coefficient (Wildman–Crippen LogP) is 2.18. The van der Waals surface area contributed by atoms with Gasteiger partial charge in [0.25, 0.3) is 0 Å². The highest BCUT2D eigenvalue weighted by Gasteiger charge is 2.06. The number of hydrogen-bond donors (Lipinski definition) is 2. The van der Waals surface area contributed by atoms with E-state index in [4.69, 9.17) is 16.7 Å². The van der Waals surface area contributed by atoms with E-state index >= 15 is 0 Å². The Labute approximate surface area is 111 Å². The highest BCUT2D eigenvalue weighted by atomic mass is 35.5. The molecule has 0 aromatic heterocycles. The second-order valence-electron chi connectivity index (χ2n) is 3.81. The van der Waals surface area contributed by atoms with E-state index in [0.29, 0.717) is 17.3 Å². The summed E-state index contributed by atoms with van der Waals surface area (Å²) in [6.07, 6.45) is 0. The molecule has 1 amide bonds. The van der Waals surface area contributed by atoms with Gasteiger partial charge in [0.15, 0.2) is 0 Å². The normalized spacial score (nSPS) is 12.2. The number of carbonyl (C=O) groups is 1. The third-order valence-corrected chi connectivity index (χ3v) is 3.67. The first-order valence-electron chi connectivity index (χ1n) is 5.38. The first kappa shape index (κ1) is 14.4. The summed E-state index contributed by atoms with van der Waals surface area (Å²) in [5, 5.41) is 12.2. The van der Waals surface area contributed by atoms with Crippen LogP contribution in [0.3, 0.4) is 0 Å². The van der Waals surface area contributed by atoms with Crippen molar-refractivity contribution in [1.29, 1.82) is 0 Å². The lowest BCUT2D eigenvalue weighted by molar-refractivity contribution is -0.118. The fraction of sp³-hybridized carbons (Fsp3) is 0.417. The minimum atomic E-state index is -0.0461. The van der Waals surface area contributed by atoms with Gasteiger partial charge in [-0.2, -0.15) is 0 Å². The molecular weight excluding hydrogens is 258 g/mol. The molecule has 1 unspecified atom stereocenters. The number of carbonyl (C=O) groups excluding carboxylic acids is 1. The fourth-order valence-corrected chi connectivity index (χ4v) is 2.18. The zero-order chi connectivity index (χ0) is 12.7. The molecule has 0 aliphatic heterocycles. The van der Waals surface area contributed by atoms with Crippen molar-refractivity contribution in [3.05, 3.63) is 29.3 Å². The van der Waals surface area contributed by atoms with Gasteiger partial charge in [-0.15, -0.1) is 11.8 Å². The monoisotopic (exact) mass is 273 g/mol. The van der Waals surface area contributed by atoms with Crippen LogP contribution >= 0.6 is 23.4 Å². The Balaban J connectivity index is 2.31. The van der Waals surface area contributed by atoms with Crippen molar-refractivity contribution >= 4 is 29.3 Å². The Hall–Kier alpha value is -0.710. The summed E-state index contributed by atoms with van der Waals surface area (Å²) in [4.78, 5) is 12.4. The van der Waals surface area contributed by atoms with Gasteiger partial charge in [-0.3, -0.25) is 4.79 Å². The third-order valence-electron chi connectivity index (χ3n) is 2.15. The number of benzene rings is 1. The van der Waals surface area contributed by atoms with E-state index < -0.39 is 0 Å². The molecule has 3 nitrogen and oxygen atoms in total. The topological polar surface area (TPSA) is 49.3 Å². The molecule has 2 N–H and O–H groups in total. The van der Waals surface area contributed by atoms with Crippen molar-refractivity contribution in [2.24, 2.45) is 5.92 Å². The maximum Gasteiger partial charge on any atom is 0.230 e. The van der Waals surface area contributed by atoms with Gasteiger partial charge in [-0.05, 0) is 18.1 Å². The van der Waals surface area contributed by atoms with Gasteiger partial charge in [0, 0.05) is 18.0 Å². The van der Waals surface area contributed by atoms with Crippen LogP contribution < -0.4 is 5.32 Å². The van der Waals surface area contributed by atoms with Crippen molar-refractivity contribution in [1.82, 2.24) is 5.32 Å². The van der Waals surface area contributed by atoms with Crippen LogP contribution in [-0.2, 0) is 4.79 Å². The number of hydrogen-bond acceptors (Lipinski definition) is 3. The average Bonchev–Trinajstić information content (AvgIpc) is 2.35. The maximum atomic E-state index is 11.5. The van der Waals surface area contributed by atoms with E-state index in [9.17, 15) is 4.79 Å². The molecule has 0 heterocycles. The Bertz CT molecular complexity index is 373. The van der Waals surface area contributed by atoms with Crippen LogP contribution in [0.25, 0.3) is 0 Å². The largest absolute Gasteiger partial charge is 0.396 e. The molecule has 0 saturated carbocycles. The van der Waals surface area contributed by atoms with Crippen LogP contribution in [0.5, 0.6) is 0 Å². The van der Waals surface area contributed by atoms with Gasteiger partial charge < -0.3 is 10.4 Å². The predicted molar refractivity (Wildman–Crippen MR) is 71.4 cm³/mol. The number of halogens is 1. The Kier molecular flexibility index (Phi) is 6.40. The number of rotatable bonds is 6. The number of amides is 1. The molecule has 0 radical (unpaired) electrons. The molecule has 0 aliphatic carbocycles. The zero-order valence-corrected chi connectivity index (χ0v) is 11.2. The fourth-order valence-electron chi connectivity index (χ4n) is 1.11. The lowest BCUT2D eigenvalue weighted by Gasteiger charge is -2.09. The minimum Gasteiger partial charge on any atom is -0.396 e. The van der Waals surface area contributed by atoms with E-state index in [1.807, 2.05) is 25.1 Å². The Morgan fingerprint density at radius 2 is 2.24 bits per heavy atom. The lowest BCUT2D eigenvalue weighted by Crippen LogP contribution is -2.30. The highest BCUT2D eigenvalue weighted by molar-refractivity contribution is 8.00. The van der Waals surface area contributed by atoms with Gasteiger partial charge in [0.2, 0.25) is 5.91 Å². The second kappa shape index (κ2) is 7.58. The molecule has 0 aliphatic rings. The molecule has 0 spiro atoms. The van der Waals surface area contributed by atoms with Crippen LogP contribution in [0.1, 0.15) is 6.92 Å². The van der Waals surface area contributed by atoms with Crippen molar-refractivity contribution in [3.63, 3.8) is 0 Å². The Morgan fingerprint density at radius 1 is 1.53 bits per heavy atom. The third kappa shape index (κ3) is 5.44. The van der Waals surface area contributed by atoms with Gasteiger partial charge in [0.05, 0.1) is 10.8 Å². The molecule has 0 bridgehead atoms. The molecule has 0 saturated heterocycles. The highest BCUT2D eigenvalue weighted by Crippen LogP contribution is 2.26. The summed E-state index contributed by atoms with van der Waals surface area (Å²) < 4.78 is 0. The standard InChI is InChI=1S/C12H16ClNO2S/c1-9(7-15)6-14-12(16)8-17-11-5-3-2-4-10(11)13/h2-5,9,15H,6-8H2,1H3,(H,14,16). The summed E-state index contributed by atoms with van der Waals surface area (Å²) >= 11 is 7.38. The van der Waals surface area contributed by atoms with Crippen LogP contribution in [0.4, 0.5) is 0 Å². The number of nitrogens with one attached hydrogen (secondary N) is 1. The molecule has 1 atom stereocenters. The molecule has 94 valence electrons. The molecule has 1 aromatic carbocycles. The van der Waals surface area contributed by atoms with E-state index in [1.165, 1.54) is 11.8 Å². The van der Waals surface area contributed by atoms with Crippen molar-refractivity contribution in [2.45, 2.75) is 11.8 Å². The van der Waals surface area contributed by atoms with E-state index in [1.54, 1.807) is 6.07 Å². The summed E-state index contributed by atoms with van der Waals surface area (Å²) in [6.45, 7) is 2.46. The SMILES string of the molecule is CC(CO)CNC(=O)CSc1ccccc1Cl. The molecular formula is C12H16ClNO2S. The average molecular weight is 274 g/mol. The van der Waals surface area contributed by atoms with E-state index in [0.717, 1.165) is 4.90 Å². The first-order valence-corrected chi connectivity index (χ1v) is 6.74. The molecule has 1 aromatic rings. The van der Waals surface area contributed by atoms with Crippen LogP contribution in [0.2, 0.25) is 5.02 Å². The van der Waals surface area contributed by atoms with Crippen molar-refractivity contribution < 1.29 is 9.90 Å². The van der Waals surface area contributed by atoms with Gasteiger partial charge in [-0.25, -0.2) is 0 Å². The molecule has 17 heavy (non-hydrogen) atoms. The van der Waals surface area contributed by atoms with Crippen molar-refractivity contribution in [2.75, 3.05) is 18.9 Å². The lowest BCUT2D eigenvalue weighted by atomic mass is 10.2. The molecule has 5 heteroatoms. The summed E-state index contributed by atoms with van der Waals surface area (Å²) in [5.74, 6) is 0.376.